The molecule has 0 N–H and O–H groups in total. The van der Waals surface area contributed by atoms with Crippen LogP contribution in [-0.2, 0) is 25.7 Å². The maximum atomic E-state index is 2.52. The van der Waals surface area contributed by atoms with Crippen molar-refractivity contribution in [3.05, 3.63) is 265 Å². The predicted molar refractivity (Wildman–Crippen MR) is 297 cm³/mol. The van der Waals surface area contributed by atoms with E-state index >= 15 is 0 Å². The van der Waals surface area contributed by atoms with Crippen LogP contribution in [0.4, 0.5) is 34.1 Å². The van der Waals surface area contributed by atoms with Crippen LogP contribution >= 0.6 is 0 Å². The summed E-state index contributed by atoms with van der Waals surface area (Å²) in [6, 6.07) is 91.1. The average Bonchev–Trinajstić information content (AvgIpc) is 3.70. The molecular formula is C68H48N2. The Morgan fingerprint density at radius 1 is 0.229 bits per heavy atom. The molecule has 2 heterocycles. The van der Waals surface area contributed by atoms with Gasteiger partial charge in [0.2, 0.25) is 0 Å². The van der Waals surface area contributed by atoms with E-state index in [0.29, 0.717) is 0 Å². The second-order valence-corrected chi connectivity index (χ2v) is 19.0. The van der Waals surface area contributed by atoms with Crippen LogP contribution in [-0.4, -0.2) is 0 Å². The lowest BCUT2D eigenvalue weighted by atomic mass is 9.82. The minimum Gasteiger partial charge on any atom is -0.310 e. The number of aryl methyl sites for hydroxylation is 4. The quantitative estimate of drug-likeness (QED) is 0.159. The molecule has 0 spiro atoms. The second kappa shape index (κ2) is 16.5. The van der Waals surface area contributed by atoms with Gasteiger partial charge >= 0.3 is 0 Å². The van der Waals surface area contributed by atoms with Gasteiger partial charge in [-0.05, 0) is 173 Å². The number of nitrogens with zero attached hydrogens (tertiary/aromatic N) is 2. The summed E-state index contributed by atoms with van der Waals surface area (Å²) in [5.41, 5.74) is 20.1. The van der Waals surface area contributed by atoms with Crippen molar-refractivity contribution < 1.29 is 0 Å². The predicted octanol–water partition coefficient (Wildman–Crippen LogP) is 18.4. The Bertz CT molecular complexity index is 3940. The molecule has 0 saturated heterocycles. The van der Waals surface area contributed by atoms with Crippen LogP contribution < -0.4 is 9.80 Å². The Labute approximate surface area is 409 Å². The maximum Gasteiger partial charge on any atom is 0.0493 e. The molecule has 0 fully saturated rings. The minimum atomic E-state index is 0.991. The van der Waals surface area contributed by atoms with Gasteiger partial charge in [0.1, 0.15) is 0 Å². The van der Waals surface area contributed by atoms with Crippen molar-refractivity contribution in [2.75, 3.05) is 9.80 Å². The van der Waals surface area contributed by atoms with Gasteiger partial charge in [0, 0.05) is 34.1 Å². The lowest BCUT2D eigenvalue weighted by Gasteiger charge is -2.29. The fourth-order valence-electron chi connectivity index (χ4n) is 12.0. The Morgan fingerprint density at radius 2 is 0.571 bits per heavy atom. The van der Waals surface area contributed by atoms with Crippen molar-refractivity contribution in [2.24, 2.45) is 0 Å². The first kappa shape index (κ1) is 40.4. The first-order valence-corrected chi connectivity index (χ1v) is 24.8. The van der Waals surface area contributed by atoms with Crippen LogP contribution in [0.1, 0.15) is 22.3 Å². The van der Waals surface area contributed by atoms with Gasteiger partial charge in [-0.3, -0.25) is 0 Å². The minimum absolute atomic E-state index is 0.991. The highest BCUT2D eigenvalue weighted by molar-refractivity contribution is 6.26. The van der Waals surface area contributed by atoms with Gasteiger partial charge in [-0.2, -0.15) is 0 Å². The summed E-state index contributed by atoms with van der Waals surface area (Å²) in [6.07, 6.45) is 3.97. The van der Waals surface area contributed by atoms with E-state index in [2.05, 4.69) is 252 Å². The fraction of sp³-hybridized carbons (Fsp3) is 0.0588. The molecule has 0 saturated carbocycles. The van der Waals surface area contributed by atoms with Gasteiger partial charge in [-0.15, -0.1) is 0 Å². The van der Waals surface area contributed by atoms with E-state index in [9.17, 15) is 0 Å². The summed E-state index contributed by atoms with van der Waals surface area (Å²) in [5, 5.41) is 9.84. The number of para-hydroxylation sites is 4. The molecule has 330 valence electrons. The number of benzene rings is 12. The molecule has 0 unspecified atom stereocenters. The van der Waals surface area contributed by atoms with E-state index in [0.717, 1.165) is 37.1 Å². The van der Waals surface area contributed by atoms with Gasteiger partial charge in [0.25, 0.3) is 0 Å². The fourth-order valence-corrected chi connectivity index (χ4v) is 12.0. The van der Waals surface area contributed by atoms with E-state index in [-0.39, 0.29) is 0 Å². The summed E-state index contributed by atoms with van der Waals surface area (Å²) < 4.78 is 0. The third kappa shape index (κ3) is 6.48. The third-order valence-electron chi connectivity index (χ3n) is 15.2. The molecule has 2 nitrogen and oxygen atoms in total. The highest BCUT2D eigenvalue weighted by Crippen LogP contribution is 2.52. The van der Waals surface area contributed by atoms with Crippen molar-refractivity contribution in [1.82, 2.24) is 0 Å². The van der Waals surface area contributed by atoms with Gasteiger partial charge in [0.15, 0.2) is 0 Å². The highest BCUT2D eigenvalue weighted by Gasteiger charge is 2.28. The SMILES string of the molecule is c1ccc2c(c1)CCc1ccccc1N2c1ccc2c(-c3cccc4ccccc34)c3cc(N4c5ccccc5CCc5ccccc54)ccc3c(-c3ccccc3-c3cccc4ccccc34)c2c1. The van der Waals surface area contributed by atoms with Crippen LogP contribution in [0.15, 0.2) is 243 Å². The first-order valence-electron chi connectivity index (χ1n) is 24.8. The zero-order valence-electron chi connectivity index (χ0n) is 38.8. The molecule has 0 aromatic heterocycles. The van der Waals surface area contributed by atoms with Crippen LogP contribution in [0, 0.1) is 0 Å². The monoisotopic (exact) mass is 892 g/mol. The molecule has 0 bridgehead atoms. The molecule has 2 aliphatic rings. The average molecular weight is 893 g/mol. The molecular weight excluding hydrogens is 845 g/mol. The molecule has 2 heteroatoms. The van der Waals surface area contributed by atoms with Crippen molar-refractivity contribution in [1.29, 1.82) is 0 Å². The Hall–Kier alpha value is -8.72. The zero-order valence-corrected chi connectivity index (χ0v) is 38.8. The smallest absolute Gasteiger partial charge is 0.0493 e. The van der Waals surface area contributed by atoms with E-state index in [1.165, 1.54) is 121 Å². The molecule has 0 atom stereocenters. The summed E-state index contributed by atoms with van der Waals surface area (Å²) in [5.74, 6) is 0. The van der Waals surface area contributed by atoms with E-state index < -0.39 is 0 Å². The van der Waals surface area contributed by atoms with Crippen molar-refractivity contribution in [2.45, 2.75) is 25.7 Å². The topological polar surface area (TPSA) is 6.48 Å². The van der Waals surface area contributed by atoms with E-state index in [4.69, 9.17) is 0 Å². The zero-order chi connectivity index (χ0) is 46.1. The molecule has 12 aromatic rings. The van der Waals surface area contributed by atoms with Crippen molar-refractivity contribution in [3.63, 3.8) is 0 Å². The van der Waals surface area contributed by atoms with E-state index in [1.807, 2.05) is 0 Å². The van der Waals surface area contributed by atoms with Crippen LogP contribution in [0.2, 0.25) is 0 Å². The van der Waals surface area contributed by atoms with Gasteiger partial charge in [-0.25, -0.2) is 0 Å². The number of anilines is 6. The number of fused-ring (bicyclic) bond motifs is 8. The Kier molecular flexibility index (Phi) is 9.52. The molecule has 0 aliphatic carbocycles. The number of rotatable bonds is 5. The largest absolute Gasteiger partial charge is 0.310 e. The molecule has 0 amide bonds. The summed E-state index contributed by atoms with van der Waals surface area (Å²) >= 11 is 0. The first-order chi connectivity index (χ1) is 34.7. The molecule has 12 aromatic carbocycles. The lowest BCUT2D eigenvalue weighted by Crippen LogP contribution is -2.12. The van der Waals surface area contributed by atoms with Crippen molar-refractivity contribution in [3.8, 4) is 33.4 Å². The number of hydrogen-bond donors (Lipinski definition) is 0. The Morgan fingerprint density at radius 3 is 1.06 bits per heavy atom. The molecule has 70 heavy (non-hydrogen) atoms. The van der Waals surface area contributed by atoms with Crippen LogP contribution in [0.5, 0.6) is 0 Å². The second-order valence-electron chi connectivity index (χ2n) is 19.0. The molecule has 14 rings (SSSR count). The number of hydrogen-bond acceptors (Lipinski definition) is 2. The molecule has 2 aliphatic heterocycles. The van der Waals surface area contributed by atoms with Gasteiger partial charge < -0.3 is 9.80 Å². The summed E-state index contributed by atoms with van der Waals surface area (Å²) in [7, 11) is 0. The Balaban J connectivity index is 1.14. The highest BCUT2D eigenvalue weighted by atomic mass is 15.2. The van der Waals surface area contributed by atoms with Crippen LogP contribution in [0.3, 0.4) is 0 Å². The maximum absolute atomic E-state index is 2.52. The summed E-state index contributed by atoms with van der Waals surface area (Å²) in [4.78, 5) is 5.05. The normalized spacial score (nSPS) is 13.1. The standard InChI is InChI=1S/C68H48N2/c1-7-25-53-45(17-1)23-15-29-55(53)56-27-9-10-28-58(56)68-60-42-40-51(69-63-31-11-3-19-47(63)35-36-48-20-4-12-32-64(48)69)43-61(60)67(57-30-16-24-46-18-2-8-26-54(46)57)59-41-39-52(44-62(59)68)70-65-33-13-5-21-49(65)37-38-50-22-6-14-34-66(50)70/h1-34,39-44H,35-38H2. The van der Waals surface area contributed by atoms with Crippen molar-refractivity contribution >= 4 is 77.2 Å². The lowest BCUT2D eigenvalue weighted by molar-refractivity contribution is 0.977. The molecule has 0 radical (unpaired) electrons. The van der Waals surface area contributed by atoms with Gasteiger partial charge in [0.05, 0.1) is 0 Å². The van der Waals surface area contributed by atoms with E-state index in [1.54, 1.807) is 0 Å². The van der Waals surface area contributed by atoms with Gasteiger partial charge in [-0.1, -0.05) is 194 Å². The van der Waals surface area contributed by atoms with Crippen LogP contribution in [0.25, 0.3) is 76.5 Å². The third-order valence-corrected chi connectivity index (χ3v) is 15.2. The summed E-state index contributed by atoms with van der Waals surface area (Å²) in [6.45, 7) is 0.